The van der Waals surface area contributed by atoms with Gasteiger partial charge in [0.1, 0.15) is 0 Å². The summed E-state index contributed by atoms with van der Waals surface area (Å²) >= 11 is 0. The summed E-state index contributed by atoms with van der Waals surface area (Å²) in [6.07, 6.45) is 9.32. The molecular weight excluding hydrogens is 2140 g/mol. The normalized spacial score (nSPS) is 9.91. The van der Waals surface area contributed by atoms with Crippen LogP contribution in [0.4, 0.5) is 0 Å². The Balaban J connectivity index is 0.000000198. The van der Waals surface area contributed by atoms with E-state index in [-0.39, 0.29) is 101 Å². The van der Waals surface area contributed by atoms with Gasteiger partial charge in [0.2, 0.25) is 0 Å². The zero-order chi connectivity index (χ0) is 67.1. The first-order valence-corrected chi connectivity index (χ1v) is 32.5. The maximum absolute atomic E-state index is 4.64. The van der Waals surface area contributed by atoms with Crippen LogP contribution in [0.1, 0.15) is 38.9 Å². The van der Waals surface area contributed by atoms with Gasteiger partial charge in [0.05, 0.1) is 0 Å². The number of pyridine rings is 5. The molecule has 0 saturated heterocycles. The fraction of sp³-hybridized carbons (Fsp3) is 0.0761. The number of benzene rings is 10. The Morgan fingerprint density at radius 1 is 0.235 bits per heavy atom. The van der Waals surface area contributed by atoms with Gasteiger partial charge in [-0.05, 0) is 120 Å². The molecule has 0 bridgehead atoms. The fourth-order valence-electron chi connectivity index (χ4n) is 11.1. The SMILES string of the molecule is Cc1[c-]c(-c2cc(C)c(-c3ccccc3)cn2)cc(C)c1.Cc1ccc(-c2[c-]ccc(-c3ccccc3)c2)nc1.Cc1ccc(-c2cc[c-]c(-c3ccccn3)c2)cc1.Cc1cccnc1-c1[c-]ccc(-c2ccccc2)c1.Cc1ccnc(-c2[c-]ccc(-c3ccccc3)c2)c1.[Ir].[Ir].[Ir].[Ir].[Ir]. The molecule has 0 N–H and O–H groups in total. The number of aryl methyl sites for hydroxylation is 7. The summed E-state index contributed by atoms with van der Waals surface area (Å²) < 4.78 is 0. The van der Waals surface area contributed by atoms with Gasteiger partial charge in [0, 0.05) is 137 Å². The van der Waals surface area contributed by atoms with Gasteiger partial charge < -0.3 is 24.9 Å². The molecule has 5 heterocycles. The van der Waals surface area contributed by atoms with E-state index in [0.717, 1.165) is 61.9 Å². The largest absolute Gasteiger partial charge is 0.305 e. The van der Waals surface area contributed by atoms with E-state index in [9.17, 15) is 0 Å². The van der Waals surface area contributed by atoms with Crippen molar-refractivity contribution in [1.29, 1.82) is 0 Å². The second-order valence-corrected chi connectivity index (χ2v) is 23.8. The smallest absolute Gasteiger partial charge is 0.0242 e. The van der Waals surface area contributed by atoms with Crippen molar-refractivity contribution in [3.8, 4) is 112 Å². The van der Waals surface area contributed by atoms with Crippen LogP contribution in [0.25, 0.3) is 112 Å². The van der Waals surface area contributed by atoms with Crippen LogP contribution >= 0.6 is 0 Å². The average molecular weight is 2210 g/mol. The van der Waals surface area contributed by atoms with Crippen molar-refractivity contribution in [3.63, 3.8) is 0 Å². The van der Waals surface area contributed by atoms with Crippen molar-refractivity contribution in [2.45, 2.75) is 48.5 Å². The number of hydrogen-bond donors (Lipinski definition) is 0. The van der Waals surface area contributed by atoms with Gasteiger partial charge in [-0.1, -0.05) is 219 Å². The van der Waals surface area contributed by atoms with Crippen LogP contribution in [0.3, 0.4) is 0 Å². The predicted molar refractivity (Wildman–Crippen MR) is 403 cm³/mol. The van der Waals surface area contributed by atoms with Gasteiger partial charge in [-0.3, -0.25) is 0 Å². The van der Waals surface area contributed by atoms with Gasteiger partial charge in [0.25, 0.3) is 0 Å². The van der Waals surface area contributed by atoms with Crippen molar-refractivity contribution in [1.82, 2.24) is 24.9 Å². The molecule has 517 valence electrons. The molecule has 0 amide bonds. The van der Waals surface area contributed by atoms with Gasteiger partial charge in [-0.25, -0.2) is 0 Å². The van der Waals surface area contributed by atoms with Gasteiger partial charge >= 0.3 is 0 Å². The number of hydrogen-bond acceptors (Lipinski definition) is 5. The molecule has 0 aliphatic carbocycles. The third kappa shape index (κ3) is 23.6. The Morgan fingerprint density at radius 3 is 1.14 bits per heavy atom. The molecule has 10 aromatic carbocycles. The van der Waals surface area contributed by atoms with Crippen molar-refractivity contribution in [2.24, 2.45) is 0 Å². The minimum atomic E-state index is 0. The second kappa shape index (κ2) is 42.0. The molecule has 0 fully saturated rings. The molecule has 0 aliphatic rings. The number of aromatic nitrogens is 5. The molecule has 0 atom stereocenters. The molecule has 0 saturated carbocycles. The van der Waals surface area contributed by atoms with Crippen LogP contribution < -0.4 is 0 Å². The summed E-state index contributed by atoms with van der Waals surface area (Å²) in [6, 6.07) is 116. The zero-order valence-electron chi connectivity index (χ0n) is 57.5. The predicted octanol–water partition coefficient (Wildman–Crippen LogP) is 23.2. The molecule has 5 radical (unpaired) electrons. The second-order valence-electron chi connectivity index (χ2n) is 23.8. The van der Waals surface area contributed by atoms with Crippen LogP contribution in [0, 0.1) is 78.8 Å². The van der Waals surface area contributed by atoms with E-state index in [2.05, 4.69) is 303 Å². The van der Waals surface area contributed by atoms with Crippen molar-refractivity contribution in [3.05, 3.63) is 391 Å². The zero-order valence-corrected chi connectivity index (χ0v) is 69.5. The van der Waals surface area contributed by atoms with E-state index in [1.165, 1.54) is 89.0 Å². The summed E-state index contributed by atoms with van der Waals surface area (Å²) in [4.78, 5) is 22.3. The van der Waals surface area contributed by atoms with Gasteiger partial charge in [-0.2, -0.15) is 0 Å². The van der Waals surface area contributed by atoms with E-state index in [4.69, 9.17) is 0 Å². The van der Waals surface area contributed by atoms with Crippen molar-refractivity contribution < 1.29 is 101 Å². The van der Waals surface area contributed by atoms with E-state index in [0.29, 0.717) is 0 Å². The van der Waals surface area contributed by atoms with E-state index >= 15 is 0 Å². The third-order valence-corrected chi connectivity index (χ3v) is 16.1. The standard InChI is InChI=1S/C20H18N.4C18H14N.5Ir/c1-14-9-15(2)11-18(10-14)20-12-16(3)19(13-21-20)17-7-5-4-6-8-17;1-14-8-10-15(11-9-14)16-5-4-6-17(13-16)18-7-2-3-12-19-18;1-14-7-6-12-19-18(14)17-11-5-10-16(13-17)15-8-3-2-4-9-15;1-14-10-11-18(19-13-14)17-9-5-8-16(12-17)15-6-3-2-4-7-15;1-14-10-11-19-18(12-14)17-9-5-8-16(13-17)15-6-3-2-4-7-15;;;;;/h4-10,12-13H,1-3H3;2-5,7-13H,1H3;2-10,12-13H,1H3;2*2-8,10-13H,1H3;;;;;/q5*-1;;;;;. The molecule has 0 unspecified atom stereocenters. The molecule has 15 rings (SSSR count). The molecule has 10 heteroatoms. The molecule has 15 aromatic rings. The summed E-state index contributed by atoms with van der Waals surface area (Å²) in [5.74, 6) is 0. The molecule has 0 aliphatic heterocycles. The summed E-state index contributed by atoms with van der Waals surface area (Å²) in [6.45, 7) is 14.6. The fourth-order valence-corrected chi connectivity index (χ4v) is 11.1. The van der Waals surface area contributed by atoms with Crippen LogP contribution in [0.2, 0.25) is 0 Å². The minimum absolute atomic E-state index is 0. The van der Waals surface area contributed by atoms with Crippen molar-refractivity contribution in [2.75, 3.05) is 0 Å². The van der Waals surface area contributed by atoms with E-state index in [1.807, 2.05) is 123 Å². The summed E-state index contributed by atoms with van der Waals surface area (Å²) in [5, 5.41) is 0. The third-order valence-electron chi connectivity index (χ3n) is 16.1. The molecule has 102 heavy (non-hydrogen) atoms. The molecular formula is C92H74Ir5N5-5. The van der Waals surface area contributed by atoms with Crippen LogP contribution in [-0.2, 0) is 101 Å². The van der Waals surface area contributed by atoms with Crippen LogP contribution in [-0.4, -0.2) is 24.9 Å². The maximum atomic E-state index is 4.64. The molecule has 5 aromatic heterocycles. The monoisotopic (exact) mass is 2210 g/mol. The Morgan fingerprint density at radius 2 is 0.667 bits per heavy atom. The topological polar surface area (TPSA) is 64.5 Å². The summed E-state index contributed by atoms with van der Waals surface area (Å²) in [7, 11) is 0. The Labute approximate surface area is 670 Å². The molecule has 5 nitrogen and oxygen atoms in total. The number of rotatable bonds is 10. The molecule has 0 spiro atoms. The summed E-state index contributed by atoms with van der Waals surface area (Å²) in [5.41, 5.74) is 30.5. The van der Waals surface area contributed by atoms with Gasteiger partial charge in [-0.15, -0.1) is 176 Å². The van der Waals surface area contributed by atoms with Crippen LogP contribution in [0.15, 0.2) is 322 Å². The Hall–Kier alpha value is -8.80. The quantitative estimate of drug-likeness (QED) is 0.128. The first-order valence-electron chi connectivity index (χ1n) is 32.5. The first kappa shape index (κ1) is 82.2. The first-order chi connectivity index (χ1) is 47.5. The average Bonchev–Trinajstić information content (AvgIpc) is 0.828. The van der Waals surface area contributed by atoms with E-state index < -0.39 is 0 Å². The number of nitrogens with zero attached hydrogens (tertiary/aromatic N) is 5. The van der Waals surface area contributed by atoms with Crippen molar-refractivity contribution >= 4 is 0 Å². The Bertz CT molecular complexity index is 4840. The van der Waals surface area contributed by atoms with Crippen LogP contribution in [0.5, 0.6) is 0 Å². The maximum Gasteiger partial charge on any atom is 0.0242 e. The Kier molecular flexibility index (Phi) is 33.8. The van der Waals surface area contributed by atoms with Gasteiger partial charge in [0.15, 0.2) is 0 Å². The van der Waals surface area contributed by atoms with E-state index in [1.54, 1.807) is 0 Å². The minimum Gasteiger partial charge on any atom is -0.305 e.